The van der Waals surface area contributed by atoms with E-state index in [4.69, 9.17) is 9.90 Å². The van der Waals surface area contributed by atoms with Crippen LogP contribution < -0.4 is 5.69 Å². The van der Waals surface area contributed by atoms with E-state index in [0.29, 0.717) is 37.7 Å². The maximum absolute atomic E-state index is 12.5. The molecule has 1 aliphatic heterocycles. The maximum Gasteiger partial charge on any atom is 0.340 e. The van der Waals surface area contributed by atoms with Crippen molar-refractivity contribution in [3.63, 3.8) is 0 Å². The molecule has 4 rings (SSSR count). The largest absolute Gasteiger partial charge is 0.483 e. The molecule has 3 heterocycles. The van der Waals surface area contributed by atoms with Crippen molar-refractivity contribution in [2.75, 3.05) is 6.54 Å². The predicted octanol–water partition coefficient (Wildman–Crippen LogP) is -0.196. The van der Waals surface area contributed by atoms with Gasteiger partial charge in [0.1, 0.15) is 11.6 Å². The van der Waals surface area contributed by atoms with E-state index in [-0.39, 0.29) is 24.1 Å². The summed E-state index contributed by atoms with van der Waals surface area (Å²) in [5.41, 5.74) is -0.348. The fraction of sp³-hybridized carbons (Fsp3) is 0.600. The highest BCUT2D eigenvalue weighted by Crippen LogP contribution is 2.39. The van der Waals surface area contributed by atoms with Crippen molar-refractivity contribution in [3.8, 4) is 0 Å². The fourth-order valence-electron chi connectivity index (χ4n) is 3.03. The van der Waals surface area contributed by atoms with E-state index >= 15 is 0 Å². The molecule has 0 radical (unpaired) electrons. The first-order valence-corrected chi connectivity index (χ1v) is 8.49. The summed E-state index contributed by atoms with van der Waals surface area (Å²) in [6.45, 7) is 3.06. The molecule has 0 bridgehead atoms. The van der Waals surface area contributed by atoms with Gasteiger partial charge in [0.25, 0.3) is 6.47 Å². The number of H-pyrrole nitrogens is 2. The molecule has 1 amide bonds. The maximum atomic E-state index is 12.5. The van der Waals surface area contributed by atoms with Gasteiger partial charge in [0.15, 0.2) is 5.82 Å². The number of carbonyl (C=O) groups excluding carboxylic acids is 1. The number of aromatic amines is 2. The molecular formula is C15H21N7O4. The van der Waals surface area contributed by atoms with E-state index in [0.717, 1.165) is 11.6 Å². The number of carbonyl (C=O) groups is 2. The molecular weight excluding hydrogens is 342 g/mol. The van der Waals surface area contributed by atoms with Crippen molar-refractivity contribution in [1.82, 2.24) is 34.8 Å². The molecule has 140 valence electrons. The first-order chi connectivity index (χ1) is 12.5. The molecule has 2 aromatic rings. The van der Waals surface area contributed by atoms with Gasteiger partial charge in [0, 0.05) is 25.3 Å². The second-order valence-corrected chi connectivity index (χ2v) is 6.32. The average Bonchev–Trinajstić information content (AvgIpc) is 3.23. The summed E-state index contributed by atoms with van der Waals surface area (Å²) in [6, 6.07) is -0.0746. The van der Waals surface area contributed by atoms with E-state index in [1.54, 1.807) is 0 Å². The lowest BCUT2D eigenvalue weighted by Crippen LogP contribution is -2.41. The Bertz CT molecular complexity index is 835. The number of nitrogens with one attached hydrogen (secondary N) is 2. The summed E-state index contributed by atoms with van der Waals surface area (Å²) < 4.78 is 1.94. The monoisotopic (exact) mass is 363 g/mol. The standard InChI is InChI=1S/C14H19N7O2.CH2O2/c1-8-13-16-12(9-2-3-9)19-21(13)7-6-20(8)11(22)5-4-10-15-14(23)18-17-10;2-1-3/h8-9H,2-7H2,1H3,(H2,15,17,18,23);1H,(H,2,3)/t8-;/m1./s1. The van der Waals surface area contributed by atoms with Gasteiger partial charge >= 0.3 is 5.69 Å². The fourth-order valence-corrected chi connectivity index (χ4v) is 3.03. The number of hydrogen-bond donors (Lipinski definition) is 3. The Morgan fingerprint density at radius 3 is 2.73 bits per heavy atom. The van der Waals surface area contributed by atoms with Gasteiger partial charge in [-0.25, -0.2) is 19.6 Å². The molecule has 1 fully saturated rings. The van der Waals surface area contributed by atoms with Crippen molar-refractivity contribution in [2.45, 2.75) is 51.1 Å². The number of aromatic nitrogens is 6. The molecule has 3 N–H and O–H groups in total. The molecule has 1 saturated carbocycles. The summed E-state index contributed by atoms with van der Waals surface area (Å²) in [5.74, 6) is 2.87. The second kappa shape index (κ2) is 7.50. The molecule has 1 atom stereocenters. The highest BCUT2D eigenvalue weighted by atomic mass is 16.3. The SMILES string of the molecule is C[C@@H]1c2nc(C3CC3)nn2CCN1C(=O)CCc1n[nH]c(=O)[nH]1.O=CO. The number of rotatable bonds is 4. The predicted molar refractivity (Wildman–Crippen MR) is 88.3 cm³/mol. The van der Waals surface area contributed by atoms with Gasteiger partial charge in [-0.1, -0.05) is 0 Å². The number of fused-ring (bicyclic) bond motifs is 1. The molecule has 26 heavy (non-hydrogen) atoms. The van der Waals surface area contributed by atoms with Crippen LogP contribution in [0.1, 0.15) is 55.6 Å². The molecule has 0 unspecified atom stereocenters. The van der Waals surface area contributed by atoms with Crippen LogP contribution in [0.3, 0.4) is 0 Å². The van der Waals surface area contributed by atoms with Crippen LogP contribution in [0.5, 0.6) is 0 Å². The normalized spacial score (nSPS) is 18.7. The molecule has 2 aromatic heterocycles. The van der Waals surface area contributed by atoms with Gasteiger partial charge in [-0.2, -0.15) is 10.2 Å². The lowest BCUT2D eigenvalue weighted by Gasteiger charge is -2.33. The van der Waals surface area contributed by atoms with Gasteiger partial charge in [-0.05, 0) is 19.8 Å². The van der Waals surface area contributed by atoms with Gasteiger partial charge in [-0.3, -0.25) is 14.6 Å². The Morgan fingerprint density at radius 1 is 1.38 bits per heavy atom. The Kier molecular flexibility index (Phi) is 5.14. The molecule has 0 aromatic carbocycles. The van der Waals surface area contributed by atoms with E-state index in [2.05, 4.69) is 25.3 Å². The zero-order chi connectivity index (χ0) is 18.7. The minimum Gasteiger partial charge on any atom is -0.483 e. The Morgan fingerprint density at radius 2 is 2.12 bits per heavy atom. The van der Waals surface area contributed by atoms with Crippen molar-refractivity contribution in [2.24, 2.45) is 0 Å². The molecule has 0 spiro atoms. The van der Waals surface area contributed by atoms with E-state index in [1.807, 2.05) is 16.5 Å². The van der Waals surface area contributed by atoms with Crippen LogP contribution in [-0.4, -0.2) is 58.9 Å². The van der Waals surface area contributed by atoms with Crippen molar-refractivity contribution in [3.05, 3.63) is 28.0 Å². The van der Waals surface area contributed by atoms with Crippen molar-refractivity contribution < 1.29 is 14.7 Å². The van der Waals surface area contributed by atoms with Crippen LogP contribution >= 0.6 is 0 Å². The van der Waals surface area contributed by atoms with Crippen LogP contribution in [0.25, 0.3) is 0 Å². The quantitative estimate of drug-likeness (QED) is 0.637. The minimum absolute atomic E-state index is 0.0450. The summed E-state index contributed by atoms with van der Waals surface area (Å²) in [7, 11) is 0. The number of amides is 1. The van der Waals surface area contributed by atoms with Crippen LogP contribution in [0.15, 0.2) is 4.79 Å². The number of carboxylic acid groups (broad SMARTS) is 1. The van der Waals surface area contributed by atoms with E-state index in [9.17, 15) is 9.59 Å². The van der Waals surface area contributed by atoms with Crippen LogP contribution in [-0.2, 0) is 22.6 Å². The second-order valence-electron chi connectivity index (χ2n) is 6.32. The van der Waals surface area contributed by atoms with E-state index < -0.39 is 0 Å². The minimum atomic E-state index is -0.348. The average molecular weight is 363 g/mol. The van der Waals surface area contributed by atoms with Gasteiger partial charge < -0.3 is 10.0 Å². The molecule has 11 heteroatoms. The third-order valence-electron chi connectivity index (χ3n) is 4.50. The Hall–Kier alpha value is -2.98. The molecule has 1 aliphatic carbocycles. The smallest absolute Gasteiger partial charge is 0.340 e. The van der Waals surface area contributed by atoms with Gasteiger partial charge in [0.05, 0.1) is 12.6 Å². The Balaban J connectivity index is 0.000000613. The highest BCUT2D eigenvalue weighted by Gasteiger charge is 2.34. The summed E-state index contributed by atoms with van der Waals surface area (Å²) >= 11 is 0. The first-order valence-electron chi connectivity index (χ1n) is 8.49. The zero-order valence-electron chi connectivity index (χ0n) is 14.4. The van der Waals surface area contributed by atoms with Gasteiger partial charge in [0.2, 0.25) is 5.91 Å². The summed E-state index contributed by atoms with van der Waals surface area (Å²) in [4.78, 5) is 40.9. The van der Waals surface area contributed by atoms with Crippen molar-refractivity contribution in [1.29, 1.82) is 0 Å². The zero-order valence-corrected chi connectivity index (χ0v) is 14.4. The van der Waals surface area contributed by atoms with Crippen LogP contribution in [0.2, 0.25) is 0 Å². The summed E-state index contributed by atoms with van der Waals surface area (Å²) in [6.07, 6.45) is 3.07. The number of hydrogen-bond acceptors (Lipinski definition) is 6. The first kappa shape index (κ1) is 17.8. The third kappa shape index (κ3) is 3.81. The molecule has 0 saturated heterocycles. The summed E-state index contributed by atoms with van der Waals surface area (Å²) in [5, 5.41) is 17.6. The highest BCUT2D eigenvalue weighted by molar-refractivity contribution is 5.76. The molecule has 11 nitrogen and oxygen atoms in total. The Labute approximate surface area is 148 Å². The van der Waals surface area contributed by atoms with Crippen LogP contribution in [0.4, 0.5) is 0 Å². The number of aryl methyl sites for hydroxylation is 1. The van der Waals surface area contributed by atoms with Crippen LogP contribution in [0, 0.1) is 0 Å². The van der Waals surface area contributed by atoms with Gasteiger partial charge in [-0.15, -0.1) is 0 Å². The topological polar surface area (TPSA) is 150 Å². The molecule has 2 aliphatic rings. The number of nitrogens with zero attached hydrogens (tertiary/aromatic N) is 5. The lowest BCUT2D eigenvalue weighted by molar-refractivity contribution is -0.134. The third-order valence-corrected chi connectivity index (χ3v) is 4.50. The van der Waals surface area contributed by atoms with E-state index in [1.165, 1.54) is 12.8 Å². The van der Waals surface area contributed by atoms with Crippen molar-refractivity contribution >= 4 is 12.4 Å². The lowest BCUT2D eigenvalue weighted by atomic mass is 10.1.